The molecule has 0 fully saturated rings. The summed E-state index contributed by atoms with van der Waals surface area (Å²) in [6.45, 7) is 13.1. The van der Waals surface area contributed by atoms with Gasteiger partial charge in [-0.3, -0.25) is 14.7 Å². The van der Waals surface area contributed by atoms with Crippen LogP contribution in [-0.4, -0.2) is 20.4 Å². The van der Waals surface area contributed by atoms with Crippen LogP contribution in [0.25, 0.3) is 21.7 Å². The Morgan fingerprint density at radius 3 is 2.63 bits per heavy atom. The van der Waals surface area contributed by atoms with E-state index < -0.39 is 5.82 Å². The van der Waals surface area contributed by atoms with E-state index in [0.717, 1.165) is 6.20 Å². The number of anilines is 1. The largest absolute Gasteiger partial charge is 0.296 e. The van der Waals surface area contributed by atoms with Crippen molar-refractivity contribution in [1.82, 2.24) is 14.5 Å². The number of halogens is 1. The molecule has 2 heterocycles. The van der Waals surface area contributed by atoms with Gasteiger partial charge in [0.05, 0.1) is 23.8 Å². The zero-order valence-electron chi connectivity index (χ0n) is 14.7. The van der Waals surface area contributed by atoms with Gasteiger partial charge in [0.2, 0.25) is 11.9 Å². The standard InChI is InChI=1S/C19H18FN5O.CH4/c1-19(2,3)10-17(26)24-18-23-14-7-6-13(21-4)9-15(14)25(18)16-8-5-12(20)11-22-16;/h5-9,11H,10H2,1-3H3,(H,23,24,26);1H4. The van der Waals surface area contributed by atoms with Crippen molar-refractivity contribution < 1.29 is 9.18 Å². The van der Waals surface area contributed by atoms with E-state index in [2.05, 4.69) is 20.1 Å². The van der Waals surface area contributed by atoms with Crippen molar-refractivity contribution in [3.05, 3.63) is 53.8 Å². The second kappa shape index (κ2) is 7.54. The lowest BCUT2D eigenvalue weighted by Gasteiger charge is -2.17. The molecule has 0 bridgehead atoms. The molecule has 27 heavy (non-hydrogen) atoms. The van der Waals surface area contributed by atoms with Gasteiger partial charge in [0.15, 0.2) is 5.69 Å². The van der Waals surface area contributed by atoms with Crippen LogP contribution >= 0.6 is 0 Å². The molecule has 3 rings (SSSR count). The highest BCUT2D eigenvalue weighted by Gasteiger charge is 2.20. The van der Waals surface area contributed by atoms with Gasteiger partial charge < -0.3 is 0 Å². The number of carbonyl (C=O) groups is 1. The molecule has 0 aliphatic rings. The molecule has 140 valence electrons. The molecule has 1 N–H and O–H groups in total. The van der Waals surface area contributed by atoms with Crippen molar-refractivity contribution in [3.63, 3.8) is 0 Å². The number of amides is 1. The summed E-state index contributed by atoms with van der Waals surface area (Å²) >= 11 is 0. The third kappa shape index (κ3) is 4.47. The number of hydrogen-bond acceptors (Lipinski definition) is 3. The molecule has 1 amide bonds. The van der Waals surface area contributed by atoms with Crippen LogP contribution in [-0.2, 0) is 4.79 Å². The fourth-order valence-corrected chi connectivity index (χ4v) is 2.60. The number of hydrogen-bond donors (Lipinski definition) is 1. The Hall–Kier alpha value is -3.27. The lowest BCUT2D eigenvalue weighted by Crippen LogP contribution is -2.21. The topological polar surface area (TPSA) is 64.2 Å². The quantitative estimate of drug-likeness (QED) is 0.653. The van der Waals surface area contributed by atoms with E-state index in [-0.39, 0.29) is 24.7 Å². The van der Waals surface area contributed by atoms with Gasteiger partial charge >= 0.3 is 0 Å². The van der Waals surface area contributed by atoms with Crippen molar-refractivity contribution in [3.8, 4) is 5.82 Å². The summed E-state index contributed by atoms with van der Waals surface area (Å²) < 4.78 is 14.9. The molecule has 0 aliphatic carbocycles. The van der Waals surface area contributed by atoms with Gasteiger partial charge in [0.1, 0.15) is 11.6 Å². The molecule has 0 radical (unpaired) electrons. The van der Waals surface area contributed by atoms with Gasteiger partial charge in [-0.2, -0.15) is 0 Å². The fraction of sp³-hybridized carbons (Fsp3) is 0.300. The highest BCUT2D eigenvalue weighted by atomic mass is 19.1. The molecule has 1 aromatic carbocycles. The van der Waals surface area contributed by atoms with E-state index in [0.29, 0.717) is 29.0 Å². The summed E-state index contributed by atoms with van der Waals surface area (Å²) in [5.74, 6) is 0.0532. The maximum Gasteiger partial charge on any atom is 0.227 e. The summed E-state index contributed by atoms with van der Waals surface area (Å²) in [6, 6.07) is 7.82. The number of carbonyl (C=O) groups excluding carboxylic acids is 1. The van der Waals surface area contributed by atoms with Crippen molar-refractivity contribution in [2.45, 2.75) is 34.6 Å². The van der Waals surface area contributed by atoms with Crippen LogP contribution < -0.4 is 5.32 Å². The van der Waals surface area contributed by atoms with Gasteiger partial charge in [-0.05, 0) is 29.7 Å². The van der Waals surface area contributed by atoms with Crippen LogP contribution in [0.4, 0.5) is 16.0 Å². The van der Waals surface area contributed by atoms with Crippen molar-refractivity contribution >= 4 is 28.6 Å². The number of rotatable bonds is 3. The number of nitrogens with one attached hydrogen (secondary N) is 1. The van der Waals surface area contributed by atoms with Crippen LogP contribution in [0.3, 0.4) is 0 Å². The Morgan fingerprint density at radius 1 is 1.30 bits per heavy atom. The normalized spacial score (nSPS) is 10.9. The minimum atomic E-state index is -0.460. The number of imidazole rings is 1. The molecule has 0 unspecified atom stereocenters. The van der Waals surface area contributed by atoms with E-state index in [1.54, 1.807) is 22.8 Å². The Labute approximate surface area is 157 Å². The summed E-state index contributed by atoms with van der Waals surface area (Å²) in [7, 11) is 0. The summed E-state index contributed by atoms with van der Waals surface area (Å²) in [6.07, 6.45) is 1.42. The second-order valence-corrected chi connectivity index (χ2v) is 7.18. The fourth-order valence-electron chi connectivity index (χ4n) is 2.60. The molecular formula is C20H22FN5O. The lowest BCUT2D eigenvalue weighted by atomic mass is 9.92. The van der Waals surface area contributed by atoms with E-state index in [4.69, 9.17) is 6.57 Å². The maximum absolute atomic E-state index is 13.3. The zero-order chi connectivity index (χ0) is 18.9. The highest BCUT2D eigenvalue weighted by Crippen LogP contribution is 2.28. The third-order valence-electron chi connectivity index (χ3n) is 3.65. The molecule has 0 saturated heterocycles. The van der Waals surface area contributed by atoms with Crippen LogP contribution in [0, 0.1) is 17.8 Å². The number of nitrogens with zero attached hydrogens (tertiary/aromatic N) is 4. The number of pyridine rings is 1. The van der Waals surface area contributed by atoms with E-state index in [9.17, 15) is 9.18 Å². The van der Waals surface area contributed by atoms with Crippen molar-refractivity contribution in [2.75, 3.05) is 5.32 Å². The predicted octanol–water partition coefficient (Wildman–Crippen LogP) is 5.12. The van der Waals surface area contributed by atoms with Crippen LogP contribution in [0.1, 0.15) is 34.6 Å². The van der Waals surface area contributed by atoms with E-state index in [1.165, 1.54) is 12.1 Å². The van der Waals surface area contributed by atoms with Gasteiger partial charge in [0.25, 0.3) is 0 Å². The molecule has 3 aromatic rings. The van der Waals surface area contributed by atoms with Crippen molar-refractivity contribution in [2.24, 2.45) is 5.41 Å². The first kappa shape index (κ1) is 20.0. The lowest BCUT2D eigenvalue weighted by molar-refractivity contribution is -0.117. The van der Waals surface area contributed by atoms with Crippen LogP contribution in [0.5, 0.6) is 0 Å². The van der Waals surface area contributed by atoms with Gasteiger partial charge in [0, 0.05) is 6.42 Å². The molecule has 2 aromatic heterocycles. The van der Waals surface area contributed by atoms with Gasteiger partial charge in [-0.25, -0.2) is 19.2 Å². The average Bonchev–Trinajstić information content (AvgIpc) is 2.90. The Morgan fingerprint density at radius 2 is 2.04 bits per heavy atom. The smallest absolute Gasteiger partial charge is 0.227 e. The maximum atomic E-state index is 13.3. The van der Waals surface area contributed by atoms with Gasteiger partial charge in [-0.1, -0.05) is 34.3 Å². The summed E-state index contributed by atoms with van der Waals surface area (Å²) in [5, 5.41) is 2.81. The predicted molar refractivity (Wildman–Crippen MR) is 105 cm³/mol. The summed E-state index contributed by atoms with van der Waals surface area (Å²) in [5.41, 5.74) is 1.48. The zero-order valence-corrected chi connectivity index (χ0v) is 14.7. The van der Waals surface area contributed by atoms with Gasteiger partial charge in [-0.15, -0.1) is 0 Å². The Balaban J connectivity index is 0.00000261. The van der Waals surface area contributed by atoms with E-state index in [1.807, 2.05) is 20.8 Å². The minimum absolute atomic E-state index is 0. The molecule has 0 saturated carbocycles. The number of benzene rings is 1. The molecule has 0 aliphatic heterocycles. The van der Waals surface area contributed by atoms with Crippen LogP contribution in [0.15, 0.2) is 36.5 Å². The molecular weight excluding hydrogens is 345 g/mol. The molecule has 0 spiro atoms. The minimum Gasteiger partial charge on any atom is -0.296 e. The third-order valence-corrected chi connectivity index (χ3v) is 3.65. The van der Waals surface area contributed by atoms with Crippen molar-refractivity contribution in [1.29, 1.82) is 0 Å². The first-order valence-corrected chi connectivity index (χ1v) is 8.08. The van der Waals surface area contributed by atoms with E-state index >= 15 is 0 Å². The molecule has 7 heteroatoms. The average molecular weight is 367 g/mol. The first-order chi connectivity index (χ1) is 12.3. The highest BCUT2D eigenvalue weighted by molar-refractivity contribution is 5.93. The molecule has 6 nitrogen and oxygen atoms in total. The molecule has 0 atom stereocenters. The first-order valence-electron chi connectivity index (χ1n) is 8.08. The SMILES string of the molecule is C.[C-]#[N+]c1ccc2nc(NC(=O)CC(C)(C)C)n(-c3ccc(F)cn3)c2c1. The second-order valence-electron chi connectivity index (χ2n) is 7.18. The Bertz CT molecular complexity index is 1010. The number of aromatic nitrogens is 3. The van der Waals surface area contributed by atoms with Crippen LogP contribution in [0.2, 0.25) is 0 Å². The summed E-state index contributed by atoms with van der Waals surface area (Å²) in [4.78, 5) is 24.3. The number of fused-ring (bicyclic) bond motifs is 1. The Kier molecular flexibility index (Phi) is 5.60. The monoisotopic (exact) mass is 367 g/mol.